The predicted octanol–water partition coefficient (Wildman–Crippen LogP) is 8.54. The summed E-state index contributed by atoms with van der Waals surface area (Å²) in [5.41, 5.74) is 11.4. The largest absolute Gasteiger partial charge is 0.493 e. The third-order valence-corrected chi connectivity index (χ3v) is 7.27. The molecule has 0 aliphatic heterocycles. The normalized spacial score (nSPS) is 13.4. The molecule has 0 atom stereocenters. The van der Waals surface area contributed by atoms with Crippen LogP contribution in [-0.4, -0.2) is 6.61 Å². The van der Waals surface area contributed by atoms with Gasteiger partial charge in [0.15, 0.2) is 0 Å². The van der Waals surface area contributed by atoms with Crippen LogP contribution in [-0.2, 0) is 5.41 Å². The number of aryl methyl sites for hydroxylation is 3. The molecule has 34 heavy (non-hydrogen) atoms. The van der Waals surface area contributed by atoms with E-state index in [9.17, 15) is 0 Å². The summed E-state index contributed by atoms with van der Waals surface area (Å²) in [5, 5.41) is 0. The number of benzene rings is 4. The first-order valence-electron chi connectivity index (χ1n) is 12.6. The van der Waals surface area contributed by atoms with E-state index in [4.69, 9.17) is 4.74 Å². The SMILES string of the molecule is CCCCCOc1ccc(C2(c3ccccc3)c3cc(C)ccc3-c3ccc(C)cc32)cc1C. The van der Waals surface area contributed by atoms with E-state index in [0.29, 0.717) is 0 Å². The van der Waals surface area contributed by atoms with Gasteiger partial charge >= 0.3 is 0 Å². The van der Waals surface area contributed by atoms with Crippen LogP contribution in [0.2, 0.25) is 0 Å². The molecular formula is C33H34O. The van der Waals surface area contributed by atoms with Crippen LogP contribution in [0.15, 0.2) is 84.9 Å². The van der Waals surface area contributed by atoms with Gasteiger partial charge in [-0.15, -0.1) is 0 Å². The molecule has 0 N–H and O–H groups in total. The maximum absolute atomic E-state index is 6.17. The molecule has 0 saturated carbocycles. The fourth-order valence-electron chi connectivity index (χ4n) is 5.61. The molecule has 0 heterocycles. The molecule has 4 aromatic rings. The summed E-state index contributed by atoms with van der Waals surface area (Å²) in [7, 11) is 0. The van der Waals surface area contributed by atoms with Crippen LogP contribution in [0.5, 0.6) is 5.75 Å². The second-order valence-electron chi connectivity index (χ2n) is 9.75. The van der Waals surface area contributed by atoms with Gasteiger partial charge in [0.05, 0.1) is 12.0 Å². The summed E-state index contributed by atoms with van der Waals surface area (Å²) in [4.78, 5) is 0. The van der Waals surface area contributed by atoms with Gasteiger partial charge in [0, 0.05) is 0 Å². The average molecular weight is 447 g/mol. The molecule has 1 aliphatic carbocycles. The Kier molecular flexibility index (Phi) is 6.04. The highest BCUT2D eigenvalue weighted by atomic mass is 16.5. The van der Waals surface area contributed by atoms with Crippen molar-refractivity contribution in [2.24, 2.45) is 0 Å². The molecule has 4 aromatic carbocycles. The van der Waals surface area contributed by atoms with E-state index in [1.54, 1.807) is 0 Å². The van der Waals surface area contributed by atoms with Crippen molar-refractivity contribution in [3.05, 3.63) is 124 Å². The molecule has 1 nitrogen and oxygen atoms in total. The van der Waals surface area contributed by atoms with Crippen LogP contribution in [0.25, 0.3) is 11.1 Å². The average Bonchev–Trinajstić information content (AvgIpc) is 3.12. The highest BCUT2D eigenvalue weighted by Crippen LogP contribution is 2.56. The number of rotatable bonds is 7. The topological polar surface area (TPSA) is 9.23 Å². The third-order valence-electron chi connectivity index (χ3n) is 7.27. The molecule has 0 saturated heterocycles. The molecule has 0 spiro atoms. The van der Waals surface area contributed by atoms with E-state index < -0.39 is 0 Å². The molecule has 0 unspecified atom stereocenters. The predicted molar refractivity (Wildman–Crippen MR) is 143 cm³/mol. The summed E-state index contributed by atoms with van der Waals surface area (Å²) in [6.45, 7) is 9.58. The molecular weight excluding hydrogens is 412 g/mol. The third kappa shape index (κ3) is 3.64. The zero-order chi connectivity index (χ0) is 23.7. The highest BCUT2D eigenvalue weighted by Gasteiger charge is 2.46. The molecule has 1 aliphatic rings. The van der Waals surface area contributed by atoms with Gasteiger partial charge < -0.3 is 4.74 Å². The number of hydrogen-bond acceptors (Lipinski definition) is 1. The van der Waals surface area contributed by atoms with Gasteiger partial charge in [-0.2, -0.15) is 0 Å². The number of hydrogen-bond donors (Lipinski definition) is 0. The highest BCUT2D eigenvalue weighted by molar-refractivity contribution is 5.86. The number of unbranched alkanes of at least 4 members (excludes halogenated alkanes) is 2. The van der Waals surface area contributed by atoms with E-state index in [0.717, 1.165) is 18.8 Å². The van der Waals surface area contributed by atoms with Crippen LogP contribution in [0.4, 0.5) is 0 Å². The fraction of sp³-hybridized carbons (Fsp3) is 0.273. The van der Waals surface area contributed by atoms with E-state index in [1.165, 1.54) is 62.9 Å². The van der Waals surface area contributed by atoms with Gasteiger partial charge in [-0.05, 0) is 72.2 Å². The lowest BCUT2D eigenvalue weighted by Crippen LogP contribution is -2.29. The minimum Gasteiger partial charge on any atom is -0.493 e. The quantitative estimate of drug-likeness (QED) is 0.228. The summed E-state index contributed by atoms with van der Waals surface area (Å²) in [6.07, 6.45) is 3.52. The smallest absolute Gasteiger partial charge is 0.122 e. The van der Waals surface area contributed by atoms with Crippen LogP contribution >= 0.6 is 0 Å². The first-order valence-corrected chi connectivity index (χ1v) is 12.6. The molecule has 0 radical (unpaired) electrons. The molecule has 0 bridgehead atoms. The maximum Gasteiger partial charge on any atom is 0.122 e. The summed E-state index contributed by atoms with van der Waals surface area (Å²) >= 11 is 0. The summed E-state index contributed by atoms with van der Waals surface area (Å²) in [6, 6.07) is 31.7. The Labute approximate surface area is 204 Å². The van der Waals surface area contributed by atoms with Crippen molar-refractivity contribution in [1.29, 1.82) is 0 Å². The Bertz CT molecular complexity index is 1260. The molecule has 0 aromatic heterocycles. The lowest BCUT2D eigenvalue weighted by atomic mass is 9.67. The Balaban J connectivity index is 1.75. The van der Waals surface area contributed by atoms with Gasteiger partial charge in [0.2, 0.25) is 0 Å². The second-order valence-corrected chi connectivity index (χ2v) is 9.75. The van der Waals surface area contributed by atoms with E-state index >= 15 is 0 Å². The molecule has 0 fully saturated rings. The maximum atomic E-state index is 6.17. The lowest BCUT2D eigenvalue weighted by molar-refractivity contribution is 0.304. The number of fused-ring (bicyclic) bond motifs is 3. The van der Waals surface area contributed by atoms with Crippen LogP contribution in [0, 0.1) is 20.8 Å². The van der Waals surface area contributed by atoms with Crippen molar-refractivity contribution in [3.63, 3.8) is 0 Å². The zero-order valence-electron chi connectivity index (χ0n) is 20.8. The molecule has 1 heteroatoms. The molecule has 172 valence electrons. The van der Waals surface area contributed by atoms with Crippen molar-refractivity contribution < 1.29 is 4.74 Å². The standard InChI is InChI=1S/C33H34O/c1-5-6-10-19-34-32-18-15-27(22-25(32)4)33(26-11-8-7-9-12-26)30-20-23(2)13-16-28(30)29-17-14-24(3)21-31(29)33/h7-9,11-18,20-22H,5-6,10,19H2,1-4H3. The molecule has 5 rings (SSSR count). The Morgan fingerprint density at radius 1 is 0.647 bits per heavy atom. The van der Waals surface area contributed by atoms with Gasteiger partial charge in [0.1, 0.15) is 5.75 Å². The van der Waals surface area contributed by atoms with E-state index in [2.05, 4.69) is 113 Å². The van der Waals surface area contributed by atoms with E-state index in [1.807, 2.05) is 0 Å². The van der Waals surface area contributed by atoms with Crippen molar-refractivity contribution >= 4 is 0 Å². The second kappa shape index (κ2) is 9.14. The van der Waals surface area contributed by atoms with Gasteiger partial charge in [-0.3, -0.25) is 0 Å². The fourth-order valence-corrected chi connectivity index (χ4v) is 5.61. The van der Waals surface area contributed by atoms with Gasteiger partial charge in [-0.1, -0.05) is 110 Å². The van der Waals surface area contributed by atoms with Gasteiger partial charge in [-0.25, -0.2) is 0 Å². The van der Waals surface area contributed by atoms with Crippen LogP contribution in [0.1, 0.15) is 65.1 Å². The Morgan fingerprint density at radius 2 is 1.29 bits per heavy atom. The minimum atomic E-state index is -0.352. The Hall–Kier alpha value is -3.32. The Morgan fingerprint density at radius 3 is 1.88 bits per heavy atom. The van der Waals surface area contributed by atoms with Crippen molar-refractivity contribution in [2.75, 3.05) is 6.61 Å². The number of ether oxygens (including phenoxy) is 1. The van der Waals surface area contributed by atoms with E-state index in [-0.39, 0.29) is 5.41 Å². The van der Waals surface area contributed by atoms with Crippen LogP contribution in [0.3, 0.4) is 0 Å². The monoisotopic (exact) mass is 446 g/mol. The first-order chi connectivity index (χ1) is 16.6. The molecule has 0 amide bonds. The van der Waals surface area contributed by atoms with Gasteiger partial charge in [0.25, 0.3) is 0 Å². The minimum absolute atomic E-state index is 0.352. The lowest BCUT2D eigenvalue weighted by Gasteiger charge is -2.34. The summed E-state index contributed by atoms with van der Waals surface area (Å²) in [5.74, 6) is 0.995. The summed E-state index contributed by atoms with van der Waals surface area (Å²) < 4.78 is 6.17. The van der Waals surface area contributed by atoms with Crippen molar-refractivity contribution in [3.8, 4) is 16.9 Å². The van der Waals surface area contributed by atoms with Crippen molar-refractivity contribution in [1.82, 2.24) is 0 Å². The zero-order valence-corrected chi connectivity index (χ0v) is 20.8. The van der Waals surface area contributed by atoms with Crippen molar-refractivity contribution in [2.45, 2.75) is 52.4 Å². The first kappa shape index (κ1) is 22.5. The van der Waals surface area contributed by atoms with Crippen LogP contribution < -0.4 is 4.74 Å².